The first-order valence-electron chi connectivity index (χ1n) is 9.68. The minimum absolute atomic E-state index is 0.0425. The number of fused-ring (bicyclic) bond motifs is 1. The number of pyridine rings is 1. The average molecular weight is 385 g/mol. The first kappa shape index (κ1) is 18.7. The first-order chi connectivity index (χ1) is 14.2. The van der Waals surface area contributed by atoms with Crippen LogP contribution in [-0.4, -0.2) is 22.4 Å². The van der Waals surface area contributed by atoms with Gasteiger partial charge in [-0.1, -0.05) is 43.3 Å². The zero-order valence-corrected chi connectivity index (χ0v) is 16.5. The lowest BCUT2D eigenvalue weighted by Crippen LogP contribution is -2.21. The summed E-state index contributed by atoms with van der Waals surface area (Å²) in [7, 11) is 1.64. The maximum atomic E-state index is 13.2. The number of anilines is 1. The van der Waals surface area contributed by atoms with Crippen molar-refractivity contribution in [2.24, 2.45) is 0 Å². The van der Waals surface area contributed by atoms with Crippen LogP contribution in [0, 0.1) is 0 Å². The summed E-state index contributed by atoms with van der Waals surface area (Å²) in [6.07, 6.45) is 2.62. The fraction of sp³-hybridized carbons (Fsp3) is 0.167. The Morgan fingerprint density at radius 2 is 1.76 bits per heavy atom. The molecule has 0 aliphatic heterocycles. The number of aromatic nitrogens is 2. The molecule has 5 nitrogen and oxygen atoms in total. The lowest BCUT2D eigenvalue weighted by atomic mass is 9.95. The number of imidazole rings is 1. The second-order valence-corrected chi connectivity index (χ2v) is 6.83. The van der Waals surface area contributed by atoms with Gasteiger partial charge in [-0.25, -0.2) is 4.98 Å². The van der Waals surface area contributed by atoms with E-state index in [1.54, 1.807) is 7.11 Å². The Hall–Kier alpha value is -3.60. The zero-order valence-electron chi connectivity index (χ0n) is 16.5. The first-order valence-corrected chi connectivity index (χ1v) is 9.68. The summed E-state index contributed by atoms with van der Waals surface area (Å²) >= 11 is 0. The van der Waals surface area contributed by atoms with Crippen molar-refractivity contribution in [1.82, 2.24) is 9.38 Å². The standard InChI is InChI=1S/C24H23N3O2/c1-3-20(17-9-5-4-6-10-17)24(28)26-23-22(18-12-14-19(29-2)15-13-18)25-21-11-7-8-16-27(21)23/h4-16,20H,3H2,1-2H3,(H,26,28)/t20-/m1/s1. The Morgan fingerprint density at radius 1 is 1.03 bits per heavy atom. The Kier molecular flexibility index (Phi) is 5.29. The highest BCUT2D eigenvalue weighted by molar-refractivity contribution is 5.98. The number of benzene rings is 2. The summed E-state index contributed by atoms with van der Waals surface area (Å²) in [5.41, 5.74) is 3.43. The summed E-state index contributed by atoms with van der Waals surface area (Å²) in [4.78, 5) is 18.0. The number of carbonyl (C=O) groups excluding carboxylic acids is 1. The molecule has 0 saturated heterocycles. The Bertz CT molecular complexity index is 1120. The number of carbonyl (C=O) groups is 1. The molecule has 5 heteroatoms. The molecule has 1 N–H and O–H groups in total. The van der Waals surface area contributed by atoms with E-state index in [2.05, 4.69) is 5.32 Å². The van der Waals surface area contributed by atoms with E-state index in [1.807, 2.05) is 90.3 Å². The molecule has 1 amide bonds. The van der Waals surface area contributed by atoms with Crippen LogP contribution in [0.3, 0.4) is 0 Å². The van der Waals surface area contributed by atoms with E-state index in [4.69, 9.17) is 9.72 Å². The van der Waals surface area contributed by atoms with Crippen LogP contribution in [0.4, 0.5) is 5.82 Å². The highest BCUT2D eigenvalue weighted by Gasteiger charge is 2.22. The molecule has 4 rings (SSSR count). The zero-order chi connectivity index (χ0) is 20.2. The summed E-state index contributed by atoms with van der Waals surface area (Å²) in [5.74, 6) is 1.18. The number of nitrogens with zero attached hydrogens (tertiary/aromatic N) is 2. The molecule has 2 aromatic carbocycles. The van der Waals surface area contributed by atoms with E-state index in [-0.39, 0.29) is 11.8 Å². The molecule has 0 aliphatic rings. The van der Waals surface area contributed by atoms with Gasteiger partial charge in [0.2, 0.25) is 5.91 Å². The maximum absolute atomic E-state index is 13.2. The molecule has 0 aliphatic carbocycles. The molecule has 29 heavy (non-hydrogen) atoms. The van der Waals surface area contributed by atoms with Crippen LogP contribution < -0.4 is 10.1 Å². The largest absolute Gasteiger partial charge is 0.497 e. The number of nitrogens with one attached hydrogen (secondary N) is 1. The number of hydrogen-bond acceptors (Lipinski definition) is 3. The predicted octanol–water partition coefficient (Wildman–Crippen LogP) is 5.14. The van der Waals surface area contributed by atoms with E-state index >= 15 is 0 Å². The molecular formula is C24H23N3O2. The number of ether oxygens (including phenoxy) is 1. The van der Waals surface area contributed by atoms with Gasteiger partial charge in [0, 0.05) is 11.8 Å². The SMILES string of the molecule is CC[C@@H](C(=O)Nc1c(-c2ccc(OC)cc2)nc2ccccn12)c1ccccc1. The second kappa shape index (κ2) is 8.19. The monoisotopic (exact) mass is 385 g/mol. The van der Waals surface area contributed by atoms with Crippen molar-refractivity contribution in [2.45, 2.75) is 19.3 Å². The van der Waals surface area contributed by atoms with Crippen LogP contribution in [0.15, 0.2) is 79.0 Å². The molecule has 0 unspecified atom stereocenters. The number of rotatable bonds is 6. The Balaban J connectivity index is 1.74. The summed E-state index contributed by atoms with van der Waals surface area (Å²) in [6.45, 7) is 2.02. The van der Waals surface area contributed by atoms with Gasteiger partial charge in [0.15, 0.2) is 0 Å². The number of hydrogen-bond donors (Lipinski definition) is 1. The van der Waals surface area contributed by atoms with Gasteiger partial charge in [0.25, 0.3) is 0 Å². The molecule has 0 spiro atoms. The van der Waals surface area contributed by atoms with Gasteiger partial charge in [-0.05, 0) is 48.4 Å². The van der Waals surface area contributed by atoms with Crippen LogP contribution in [0.5, 0.6) is 5.75 Å². The van der Waals surface area contributed by atoms with Gasteiger partial charge in [0.1, 0.15) is 22.9 Å². The van der Waals surface area contributed by atoms with E-state index in [0.717, 1.165) is 28.2 Å². The third-order valence-electron chi connectivity index (χ3n) is 5.06. The van der Waals surface area contributed by atoms with Gasteiger partial charge in [-0.2, -0.15) is 0 Å². The van der Waals surface area contributed by atoms with Gasteiger partial charge in [0.05, 0.1) is 13.0 Å². The van der Waals surface area contributed by atoms with Crippen LogP contribution in [0.2, 0.25) is 0 Å². The van der Waals surface area contributed by atoms with Crippen molar-refractivity contribution in [2.75, 3.05) is 12.4 Å². The number of amides is 1. The fourth-order valence-corrected chi connectivity index (χ4v) is 3.53. The second-order valence-electron chi connectivity index (χ2n) is 6.83. The van der Waals surface area contributed by atoms with Gasteiger partial charge < -0.3 is 10.1 Å². The lowest BCUT2D eigenvalue weighted by molar-refractivity contribution is -0.117. The quantitative estimate of drug-likeness (QED) is 0.500. The van der Waals surface area contributed by atoms with Crippen LogP contribution in [-0.2, 0) is 4.79 Å². The van der Waals surface area contributed by atoms with Crippen LogP contribution in [0.25, 0.3) is 16.9 Å². The van der Waals surface area contributed by atoms with E-state index < -0.39 is 0 Å². The maximum Gasteiger partial charge on any atom is 0.233 e. The van der Waals surface area contributed by atoms with Crippen molar-refractivity contribution in [3.8, 4) is 17.0 Å². The highest BCUT2D eigenvalue weighted by atomic mass is 16.5. The molecular weight excluding hydrogens is 362 g/mol. The third-order valence-corrected chi connectivity index (χ3v) is 5.06. The van der Waals surface area contributed by atoms with Crippen molar-refractivity contribution in [1.29, 1.82) is 0 Å². The van der Waals surface area contributed by atoms with E-state index in [1.165, 1.54) is 0 Å². The van der Waals surface area contributed by atoms with Gasteiger partial charge >= 0.3 is 0 Å². The summed E-state index contributed by atoms with van der Waals surface area (Å²) in [6, 6.07) is 23.3. The summed E-state index contributed by atoms with van der Waals surface area (Å²) in [5, 5.41) is 3.14. The molecule has 1 atom stereocenters. The van der Waals surface area contributed by atoms with Crippen molar-refractivity contribution >= 4 is 17.4 Å². The van der Waals surface area contributed by atoms with E-state index in [0.29, 0.717) is 12.2 Å². The molecule has 146 valence electrons. The molecule has 0 bridgehead atoms. The molecule has 0 radical (unpaired) electrons. The minimum Gasteiger partial charge on any atom is -0.497 e. The number of methoxy groups -OCH3 is 1. The molecule has 4 aromatic rings. The normalized spacial score (nSPS) is 11.9. The molecule has 2 aromatic heterocycles. The highest BCUT2D eigenvalue weighted by Crippen LogP contribution is 2.31. The Morgan fingerprint density at radius 3 is 2.45 bits per heavy atom. The molecule has 0 saturated carbocycles. The molecule has 0 fully saturated rings. The topological polar surface area (TPSA) is 55.6 Å². The molecule has 2 heterocycles. The third kappa shape index (κ3) is 3.72. The van der Waals surface area contributed by atoms with Crippen molar-refractivity contribution in [3.05, 3.63) is 84.6 Å². The van der Waals surface area contributed by atoms with E-state index in [9.17, 15) is 4.79 Å². The fourth-order valence-electron chi connectivity index (χ4n) is 3.53. The van der Waals surface area contributed by atoms with Crippen LogP contribution >= 0.6 is 0 Å². The summed E-state index contributed by atoms with van der Waals surface area (Å²) < 4.78 is 7.17. The van der Waals surface area contributed by atoms with Gasteiger partial charge in [-0.15, -0.1) is 0 Å². The van der Waals surface area contributed by atoms with Crippen molar-refractivity contribution in [3.63, 3.8) is 0 Å². The van der Waals surface area contributed by atoms with Crippen LogP contribution in [0.1, 0.15) is 24.8 Å². The van der Waals surface area contributed by atoms with Crippen molar-refractivity contribution < 1.29 is 9.53 Å². The predicted molar refractivity (Wildman–Crippen MR) is 115 cm³/mol. The Labute approximate surface area is 170 Å². The minimum atomic E-state index is -0.228. The lowest BCUT2D eigenvalue weighted by Gasteiger charge is -2.16. The average Bonchev–Trinajstić information content (AvgIpc) is 3.13. The smallest absolute Gasteiger partial charge is 0.233 e. The van der Waals surface area contributed by atoms with Gasteiger partial charge in [-0.3, -0.25) is 9.20 Å².